The van der Waals surface area contributed by atoms with Crippen LogP contribution in [-0.4, -0.2) is 13.4 Å². The normalized spacial score (nSPS) is 12.2. The molecule has 0 amide bonds. The van der Waals surface area contributed by atoms with Gasteiger partial charge in [-0.1, -0.05) is 32.9 Å². The van der Waals surface area contributed by atoms with Crippen LogP contribution in [0.1, 0.15) is 31.9 Å². The highest BCUT2D eigenvalue weighted by atomic mass is 32.2. The lowest BCUT2D eigenvalue weighted by Crippen LogP contribution is -2.15. The number of rotatable bonds is 3. The third-order valence-electron chi connectivity index (χ3n) is 3.30. The highest BCUT2D eigenvalue weighted by molar-refractivity contribution is 7.92. The number of hydrogen-bond donors (Lipinski definition) is 1. The summed E-state index contributed by atoms with van der Waals surface area (Å²) in [5.74, 6) is 0. The van der Waals surface area contributed by atoms with Crippen molar-refractivity contribution in [2.24, 2.45) is 0 Å². The Labute approximate surface area is 126 Å². The molecule has 0 atom stereocenters. The largest absolute Gasteiger partial charge is 0.279 e. The Balaban J connectivity index is 2.30. The zero-order valence-electron chi connectivity index (χ0n) is 12.7. The van der Waals surface area contributed by atoms with Crippen molar-refractivity contribution in [2.75, 3.05) is 4.72 Å². The molecule has 4 nitrogen and oxygen atoms in total. The number of nitrogens with zero attached hydrogens (tertiary/aromatic N) is 1. The van der Waals surface area contributed by atoms with Crippen LogP contribution in [0.15, 0.2) is 47.6 Å². The fourth-order valence-electron chi connectivity index (χ4n) is 1.93. The van der Waals surface area contributed by atoms with Gasteiger partial charge in [0.15, 0.2) is 0 Å². The first-order chi connectivity index (χ1) is 9.70. The molecule has 0 aliphatic heterocycles. The maximum Gasteiger partial charge on any atom is 0.261 e. The second-order valence-corrected chi connectivity index (χ2v) is 7.75. The fraction of sp³-hybridized carbons (Fsp3) is 0.312. The molecule has 0 fully saturated rings. The molecular formula is C16H20N2O2S. The molecule has 0 spiro atoms. The van der Waals surface area contributed by atoms with Crippen LogP contribution in [0.4, 0.5) is 5.69 Å². The molecule has 1 aromatic carbocycles. The molecule has 1 N–H and O–H groups in total. The van der Waals surface area contributed by atoms with E-state index in [0.717, 1.165) is 11.1 Å². The monoisotopic (exact) mass is 304 g/mol. The van der Waals surface area contributed by atoms with Crippen LogP contribution < -0.4 is 4.72 Å². The summed E-state index contributed by atoms with van der Waals surface area (Å²) in [5.41, 5.74) is 2.43. The molecule has 0 aliphatic carbocycles. The number of pyridine rings is 1. The summed E-state index contributed by atoms with van der Waals surface area (Å²) in [5, 5.41) is 0. The van der Waals surface area contributed by atoms with Gasteiger partial charge in [0.25, 0.3) is 10.0 Å². The first-order valence-electron chi connectivity index (χ1n) is 6.74. The molecule has 0 saturated carbocycles. The molecule has 0 radical (unpaired) electrons. The van der Waals surface area contributed by atoms with Gasteiger partial charge in [-0.05, 0) is 41.7 Å². The number of benzene rings is 1. The summed E-state index contributed by atoms with van der Waals surface area (Å²) in [4.78, 5) is 4.21. The lowest BCUT2D eigenvalue weighted by Gasteiger charge is -2.19. The summed E-state index contributed by atoms with van der Waals surface area (Å²) in [7, 11) is -3.58. The molecule has 2 rings (SSSR count). The van der Waals surface area contributed by atoms with Crippen LogP contribution in [0.3, 0.4) is 0 Å². The highest BCUT2D eigenvalue weighted by Gasteiger charge is 2.18. The smallest absolute Gasteiger partial charge is 0.261 e. The Morgan fingerprint density at radius 3 is 2.19 bits per heavy atom. The maximum absolute atomic E-state index is 12.4. The molecule has 21 heavy (non-hydrogen) atoms. The number of hydrogen-bond acceptors (Lipinski definition) is 3. The van der Waals surface area contributed by atoms with Crippen molar-refractivity contribution in [3.63, 3.8) is 0 Å². The van der Waals surface area contributed by atoms with E-state index in [2.05, 4.69) is 30.5 Å². The average Bonchev–Trinajstić information content (AvgIpc) is 2.40. The fourth-order valence-corrected chi connectivity index (χ4v) is 3.06. The van der Waals surface area contributed by atoms with Gasteiger partial charge in [-0.2, -0.15) is 0 Å². The number of anilines is 1. The van der Waals surface area contributed by atoms with Crippen molar-refractivity contribution in [2.45, 2.75) is 38.0 Å². The Kier molecular flexibility index (Phi) is 4.05. The maximum atomic E-state index is 12.4. The van der Waals surface area contributed by atoms with E-state index in [0.29, 0.717) is 5.69 Å². The summed E-state index contributed by atoms with van der Waals surface area (Å²) in [6.07, 6.45) is 3.19. The minimum Gasteiger partial charge on any atom is -0.279 e. The highest BCUT2D eigenvalue weighted by Crippen LogP contribution is 2.24. The second kappa shape index (κ2) is 5.48. The molecule has 5 heteroatoms. The van der Waals surface area contributed by atoms with Gasteiger partial charge >= 0.3 is 0 Å². The van der Waals surface area contributed by atoms with Crippen LogP contribution >= 0.6 is 0 Å². The standard InChI is InChI=1S/C16H20N2O2S/c1-12-11-17-10-9-15(12)18-21(19,20)14-7-5-13(6-8-14)16(2,3)4/h5-11H,1-4H3,(H,17,18). The van der Waals surface area contributed by atoms with Crippen molar-refractivity contribution >= 4 is 15.7 Å². The SMILES string of the molecule is Cc1cnccc1NS(=O)(=O)c1ccc(C(C)(C)C)cc1. The van der Waals surface area contributed by atoms with Crippen molar-refractivity contribution < 1.29 is 8.42 Å². The van der Waals surface area contributed by atoms with Gasteiger partial charge in [0.05, 0.1) is 10.6 Å². The number of nitrogens with one attached hydrogen (secondary N) is 1. The molecule has 112 valence electrons. The van der Waals surface area contributed by atoms with Crippen LogP contribution in [0.5, 0.6) is 0 Å². The van der Waals surface area contributed by atoms with E-state index in [1.807, 2.05) is 19.1 Å². The Bertz CT molecular complexity index is 730. The van der Waals surface area contributed by atoms with Crippen LogP contribution in [-0.2, 0) is 15.4 Å². The quantitative estimate of drug-likeness (QED) is 0.944. The molecule has 1 aromatic heterocycles. The van der Waals surface area contributed by atoms with E-state index in [9.17, 15) is 8.42 Å². The lowest BCUT2D eigenvalue weighted by molar-refractivity contribution is 0.587. The average molecular weight is 304 g/mol. The third kappa shape index (κ3) is 3.61. The molecule has 0 aliphatic rings. The predicted octanol–water partition coefficient (Wildman–Crippen LogP) is 3.49. The van der Waals surface area contributed by atoms with E-state index in [1.165, 1.54) is 0 Å². The second-order valence-electron chi connectivity index (χ2n) is 6.07. The van der Waals surface area contributed by atoms with E-state index in [1.54, 1.807) is 30.6 Å². The van der Waals surface area contributed by atoms with Crippen molar-refractivity contribution in [3.8, 4) is 0 Å². The Morgan fingerprint density at radius 2 is 1.67 bits per heavy atom. The first kappa shape index (κ1) is 15.5. The van der Waals surface area contributed by atoms with Crippen molar-refractivity contribution in [1.29, 1.82) is 0 Å². The van der Waals surface area contributed by atoms with Crippen molar-refractivity contribution in [1.82, 2.24) is 4.98 Å². The zero-order valence-corrected chi connectivity index (χ0v) is 13.5. The minimum absolute atomic E-state index is 0.00257. The number of sulfonamides is 1. The van der Waals surface area contributed by atoms with Crippen LogP contribution in [0, 0.1) is 6.92 Å². The summed E-state index contributed by atoms with van der Waals surface area (Å²) >= 11 is 0. The molecular weight excluding hydrogens is 284 g/mol. The number of aromatic nitrogens is 1. The van der Waals surface area contributed by atoms with Gasteiger partial charge in [0.1, 0.15) is 0 Å². The van der Waals surface area contributed by atoms with Crippen LogP contribution in [0.2, 0.25) is 0 Å². The molecule has 0 unspecified atom stereocenters. The van der Waals surface area contributed by atoms with Gasteiger partial charge in [0.2, 0.25) is 0 Å². The van der Waals surface area contributed by atoms with Crippen molar-refractivity contribution in [3.05, 3.63) is 53.9 Å². The van der Waals surface area contributed by atoms with Gasteiger partial charge in [-0.3, -0.25) is 9.71 Å². The third-order valence-corrected chi connectivity index (χ3v) is 4.68. The topological polar surface area (TPSA) is 59.1 Å². The Morgan fingerprint density at radius 1 is 1.05 bits per heavy atom. The van der Waals surface area contributed by atoms with Gasteiger partial charge in [-0.15, -0.1) is 0 Å². The van der Waals surface area contributed by atoms with E-state index < -0.39 is 10.0 Å². The van der Waals surface area contributed by atoms with E-state index in [4.69, 9.17) is 0 Å². The summed E-state index contributed by atoms with van der Waals surface area (Å²) in [6.45, 7) is 8.09. The number of aryl methyl sites for hydroxylation is 1. The van der Waals surface area contributed by atoms with Crippen LogP contribution in [0.25, 0.3) is 0 Å². The molecule has 2 aromatic rings. The summed E-state index contributed by atoms with van der Waals surface area (Å²) < 4.78 is 27.4. The summed E-state index contributed by atoms with van der Waals surface area (Å²) in [6, 6.07) is 8.64. The lowest BCUT2D eigenvalue weighted by atomic mass is 9.87. The molecule has 0 bridgehead atoms. The van der Waals surface area contributed by atoms with Gasteiger partial charge in [0, 0.05) is 12.4 Å². The minimum atomic E-state index is -3.58. The zero-order chi connectivity index (χ0) is 15.7. The molecule has 0 saturated heterocycles. The first-order valence-corrected chi connectivity index (χ1v) is 8.22. The van der Waals surface area contributed by atoms with Gasteiger partial charge in [-0.25, -0.2) is 8.42 Å². The predicted molar refractivity (Wildman–Crippen MR) is 84.9 cm³/mol. The van der Waals surface area contributed by atoms with E-state index >= 15 is 0 Å². The van der Waals surface area contributed by atoms with Gasteiger partial charge < -0.3 is 0 Å². The van der Waals surface area contributed by atoms with E-state index in [-0.39, 0.29) is 10.3 Å². The Hall–Kier alpha value is -1.88. The molecule has 1 heterocycles.